The Kier molecular flexibility index (Phi) is 4.04. The van der Waals surface area contributed by atoms with Gasteiger partial charge in [-0.05, 0) is 31.5 Å². The van der Waals surface area contributed by atoms with Crippen molar-refractivity contribution in [3.8, 4) is 0 Å². The lowest BCUT2D eigenvalue weighted by Crippen LogP contribution is -2.28. The third kappa shape index (κ3) is 3.07. The Labute approximate surface area is 134 Å². The molecule has 0 bridgehead atoms. The Morgan fingerprint density at radius 1 is 1.00 bits per heavy atom. The standard InChI is InChI=1S/C18H17ClO3/c1-18(2)21-16(13-8-10-14(19)11-9-13)17(22-18)15(20)12-6-4-3-5-7-12/h3-11,16-17H,1-2H3/t16-,17-/m1/s1. The molecule has 1 aliphatic rings. The number of Topliss-reactive ketones (excluding diaryl/α,β-unsaturated/α-hetero) is 1. The summed E-state index contributed by atoms with van der Waals surface area (Å²) in [5, 5.41) is 0.646. The van der Waals surface area contributed by atoms with E-state index in [1.165, 1.54) is 0 Å². The van der Waals surface area contributed by atoms with Gasteiger partial charge in [-0.15, -0.1) is 0 Å². The van der Waals surface area contributed by atoms with E-state index in [9.17, 15) is 4.79 Å². The van der Waals surface area contributed by atoms with Crippen LogP contribution in [0.25, 0.3) is 0 Å². The molecule has 0 saturated carbocycles. The lowest BCUT2D eigenvalue weighted by molar-refractivity contribution is -0.143. The summed E-state index contributed by atoms with van der Waals surface area (Å²) in [6, 6.07) is 16.4. The van der Waals surface area contributed by atoms with Crippen LogP contribution in [-0.4, -0.2) is 17.7 Å². The fourth-order valence-corrected chi connectivity index (χ4v) is 2.74. The van der Waals surface area contributed by atoms with Gasteiger partial charge in [0.2, 0.25) is 0 Å². The van der Waals surface area contributed by atoms with Gasteiger partial charge in [0.25, 0.3) is 0 Å². The lowest BCUT2D eigenvalue weighted by atomic mass is 9.97. The summed E-state index contributed by atoms with van der Waals surface area (Å²) in [6.07, 6.45) is -1.11. The molecular formula is C18H17ClO3. The first kappa shape index (κ1) is 15.2. The number of rotatable bonds is 3. The fraction of sp³-hybridized carbons (Fsp3) is 0.278. The van der Waals surface area contributed by atoms with Crippen molar-refractivity contribution in [1.82, 2.24) is 0 Å². The van der Waals surface area contributed by atoms with E-state index in [4.69, 9.17) is 21.1 Å². The van der Waals surface area contributed by atoms with Gasteiger partial charge >= 0.3 is 0 Å². The minimum Gasteiger partial charge on any atom is -0.339 e. The van der Waals surface area contributed by atoms with Crippen LogP contribution in [0.5, 0.6) is 0 Å². The summed E-state index contributed by atoms with van der Waals surface area (Å²) in [5.74, 6) is -0.884. The molecule has 4 heteroatoms. The predicted molar refractivity (Wildman–Crippen MR) is 85.0 cm³/mol. The van der Waals surface area contributed by atoms with Crippen molar-refractivity contribution in [2.24, 2.45) is 0 Å². The smallest absolute Gasteiger partial charge is 0.194 e. The molecule has 2 aromatic rings. The highest BCUT2D eigenvalue weighted by molar-refractivity contribution is 6.30. The van der Waals surface area contributed by atoms with Crippen LogP contribution in [-0.2, 0) is 9.47 Å². The summed E-state index contributed by atoms with van der Waals surface area (Å²) >= 11 is 5.93. The molecule has 0 aromatic heterocycles. The maximum Gasteiger partial charge on any atom is 0.194 e. The number of ether oxygens (including phenoxy) is 2. The van der Waals surface area contributed by atoms with Gasteiger partial charge in [-0.3, -0.25) is 4.79 Å². The first-order chi connectivity index (χ1) is 10.5. The fourth-order valence-electron chi connectivity index (χ4n) is 2.62. The second kappa shape index (κ2) is 5.84. The Morgan fingerprint density at radius 3 is 2.27 bits per heavy atom. The zero-order valence-corrected chi connectivity index (χ0v) is 13.2. The van der Waals surface area contributed by atoms with Gasteiger partial charge < -0.3 is 9.47 Å². The molecule has 2 atom stereocenters. The minimum atomic E-state index is -0.806. The second-order valence-corrected chi connectivity index (χ2v) is 6.19. The van der Waals surface area contributed by atoms with Crippen LogP contribution in [0.1, 0.15) is 35.9 Å². The van der Waals surface area contributed by atoms with Gasteiger partial charge in [-0.2, -0.15) is 0 Å². The second-order valence-electron chi connectivity index (χ2n) is 5.76. The van der Waals surface area contributed by atoms with Gasteiger partial charge in [0, 0.05) is 10.6 Å². The van der Waals surface area contributed by atoms with Crippen LogP contribution >= 0.6 is 11.6 Å². The van der Waals surface area contributed by atoms with Crippen LogP contribution < -0.4 is 0 Å². The van der Waals surface area contributed by atoms with E-state index >= 15 is 0 Å². The number of carbonyl (C=O) groups is 1. The van der Waals surface area contributed by atoms with Crippen molar-refractivity contribution in [2.45, 2.75) is 31.8 Å². The van der Waals surface area contributed by atoms with Crippen molar-refractivity contribution in [2.75, 3.05) is 0 Å². The van der Waals surface area contributed by atoms with E-state index in [1.54, 1.807) is 24.3 Å². The summed E-state index contributed by atoms with van der Waals surface area (Å²) in [7, 11) is 0. The third-order valence-corrected chi connectivity index (χ3v) is 3.86. The minimum absolute atomic E-state index is 0.0777. The molecule has 3 rings (SSSR count). The normalized spacial score (nSPS) is 23.4. The highest BCUT2D eigenvalue weighted by Gasteiger charge is 2.45. The van der Waals surface area contributed by atoms with Crippen LogP contribution in [0.3, 0.4) is 0 Å². The summed E-state index contributed by atoms with van der Waals surface area (Å²) < 4.78 is 11.8. The number of halogens is 1. The van der Waals surface area contributed by atoms with Crippen LogP contribution in [0, 0.1) is 0 Å². The van der Waals surface area contributed by atoms with Gasteiger partial charge in [-0.1, -0.05) is 54.1 Å². The van der Waals surface area contributed by atoms with E-state index < -0.39 is 18.0 Å². The molecule has 1 aliphatic heterocycles. The van der Waals surface area contributed by atoms with Crippen molar-refractivity contribution >= 4 is 17.4 Å². The topological polar surface area (TPSA) is 35.5 Å². The van der Waals surface area contributed by atoms with Crippen molar-refractivity contribution in [3.63, 3.8) is 0 Å². The molecule has 1 saturated heterocycles. The molecule has 0 amide bonds. The van der Waals surface area contributed by atoms with Crippen molar-refractivity contribution in [1.29, 1.82) is 0 Å². The Bertz CT molecular complexity index is 664. The molecule has 1 fully saturated rings. The Morgan fingerprint density at radius 2 is 1.64 bits per heavy atom. The maximum absolute atomic E-state index is 12.8. The summed E-state index contributed by atoms with van der Waals surface area (Å²) in [4.78, 5) is 12.8. The third-order valence-electron chi connectivity index (χ3n) is 3.61. The molecule has 2 aromatic carbocycles. The maximum atomic E-state index is 12.8. The largest absolute Gasteiger partial charge is 0.339 e. The van der Waals surface area contributed by atoms with Crippen molar-refractivity contribution < 1.29 is 14.3 Å². The number of hydrogen-bond donors (Lipinski definition) is 0. The Hall–Kier alpha value is -1.68. The molecule has 0 N–H and O–H groups in total. The van der Waals surface area contributed by atoms with E-state index in [0.717, 1.165) is 5.56 Å². The van der Waals surface area contributed by atoms with Gasteiger partial charge in [0.15, 0.2) is 17.7 Å². The quantitative estimate of drug-likeness (QED) is 0.787. The van der Waals surface area contributed by atoms with Crippen LogP contribution in [0.15, 0.2) is 54.6 Å². The average molecular weight is 317 g/mol. The SMILES string of the molecule is CC1(C)O[C@H](C(=O)c2ccccc2)[C@@H](c2ccc(Cl)cc2)O1. The summed E-state index contributed by atoms with van der Waals surface area (Å²) in [6.45, 7) is 3.63. The van der Waals surface area contributed by atoms with Crippen molar-refractivity contribution in [3.05, 3.63) is 70.7 Å². The van der Waals surface area contributed by atoms with Gasteiger partial charge in [0.05, 0.1) is 0 Å². The number of carbonyl (C=O) groups excluding carboxylic acids is 1. The highest BCUT2D eigenvalue weighted by Crippen LogP contribution is 2.39. The molecule has 0 aliphatic carbocycles. The molecule has 1 heterocycles. The molecule has 3 nitrogen and oxygen atoms in total. The molecule has 0 unspecified atom stereocenters. The Balaban J connectivity index is 1.93. The monoisotopic (exact) mass is 316 g/mol. The highest BCUT2D eigenvalue weighted by atomic mass is 35.5. The first-order valence-corrected chi connectivity index (χ1v) is 7.54. The predicted octanol–water partition coefficient (Wildman–Crippen LogP) is 4.42. The number of hydrogen-bond acceptors (Lipinski definition) is 3. The van der Waals surface area contributed by atoms with E-state index in [1.807, 2.05) is 44.2 Å². The van der Waals surface area contributed by atoms with Crippen LogP contribution in [0.4, 0.5) is 0 Å². The average Bonchev–Trinajstić information content (AvgIpc) is 2.84. The zero-order chi connectivity index (χ0) is 15.7. The van der Waals surface area contributed by atoms with Crippen LogP contribution in [0.2, 0.25) is 5.02 Å². The molecule has 0 spiro atoms. The van der Waals surface area contributed by atoms with Gasteiger partial charge in [-0.25, -0.2) is 0 Å². The number of benzene rings is 2. The molecular weight excluding hydrogens is 300 g/mol. The number of ketones is 1. The summed E-state index contributed by atoms with van der Waals surface area (Å²) in [5.41, 5.74) is 1.50. The molecule has 22 heavy (non-hydrogen) atoms. The van der Waals surface area contributed by atoms with Gasteiger partial charge in [0.1, 0.15) is 6.10 Å². The zero-order valence-electron chi connectivity index (χ0n) is 12.5. The van der Waals surface area contributed by atoms with E-state index in [0.29, 0.717) is 10.6 Å². The van der Waals surface area contributed by atoms with E-state index in [-0.39, 0.29) is 5.78 Å². The van der Waals surface area contributed by atoms with E-state index in [2.05, 4.69) is 0 Å². The molecule has 114 valence electrons. The lowest BCUT2D eigenvalue weighted by Gasteiger charge is -2.16. The first-order valence-electron chi connectivity index (χ1n) is 7.17. The molecule has 0 radical (unpaired) electrons.